The molecule has 1 unspecified atom stereocenters. The van der Waals surface area contributed by atoms with Crippen LogP contribution in [0.25, 0.3) is 0 Å². The van der Waals surface area contributed by atoms with Crippen molar-refractivity contribution < 1.29 is 19.1 Å². The van der Waals surface area contributed by atoms with Gasteiger partial charge in [0.2, 0.25) is 0 Å². The number of benzene rings is 1. The van der Waals surface area contributed by atoms with Gasteiger partial charge in [-0.3, -0.25) is 0 Å². The number of hydrogen-bond donors (Lipinski definition) is 2. The van der Waals surface area contributed by atoms with E-state index in [9.17, 15) is 9.59 Å². The van der Waals surface area contributed by atoms with Gasteiger partial charge in [0, 0.05) is 17.0 Å². The van der Waals surface area contributed by atoms with Crippen molar-refractivity contribution in [3.63, 3.8) is 0 Å². The molecule has 0 aliphatic carbocycles. The number of carbonyl (C=O) groups is 2. The summed E-state index contributed by atoms with van der Waals surface area (Å²) in [6.07, 6.45) is 1.75. The van der Waals surface area contributed by atoms with Crippen LogP contribution in [0, 0.1) is 0 Å². The minimum Gasteiger partial charge on any atom is -0.445 e. The van der Waals surface area contributed by atoms with Gasteiger partial charge in [0.05, 0.1) is 0 Å². The Morgan fingerprint density at radius 2 is 1.81 bits per heavy atom. The number of alkyl halides is 1. The minimum absolute atomic E-state index is 0.0559. The highest BCUT2D eigenvalue weighted by atomic mass is 127. The number of unbranched alkanes of at least 4 members (excludes halogenated alkanes) is 1. The number of hydrogen-bond acceptors (Lipinski definition) is 4. The molecule has 0 saturated carbocycles. The summed E-state index contributed by atoms with van der Waals surface area (Å²) in [5, 5.41) is 5.62. The highest BCUT2D eigenvalue weighted by Gasteiger charge is 2.16. The van der Waals surface area contributed by atoms with Gasteiger partial charge in [-0.05, 0) is 45.6 Å². The Bertz CT molecular complexity index is 546. The molecule has 0 heterocycles. The van der Waals surface area contributed by atoms with Crippen molar-refractivity contribution >= 4 is 34.8 Å². The van der Waals surface area contributed by atoms with Crippen molar-refractivity contribution in [1.29, 1.82) is 0 Å². The normalized spacial score (nSPS) is 12.2. The lowest BCUT2D eigenvalue weighted by Gasteiger charge is -2.20. The van der Waals surface area contributed by atoms with E-state index in [0.29, 0.717) is 6.54 Å². The number of nitrogens with one attached hydrogen (secondary N) is 2. The van der Waals surface area contributed by atoms with E-state index in [1.54, 1.807) is 0 Å². The Labute approximate surface area is 169 Å². The number of carbonyl (C=O) groups excluding carboxylic acids is 2. The SMILES string of the molecule is CC(C)(C)OC(=O)NCCCCC(CI)NC(=O)OCc1ccccc1. The minimum atomic E-state index is -0.486. The van der Waals surface area contributed by atoms with Crippen molar-refractivity contribution in [2.24, 2.45) is 0 Å². The highest BCUT2D eigenvalue weighted by molar-refractivity contribution is 14.1. The highest BCUT2D eigenvalue weighted by Crippen LogP contribution is 2.08. The molecule has 7 heteroatoms. The molecule has 0 radical (unpaired) electrons. The van der Waals surface area contributed by atoms with Crippen LogP contribution in [0.15, 0.2) is 30.3 Å². The standard InChI is InChI=1S/C19H29IN2O4/c1-19(2,3)26-17(23)21-12-8-7-11-16(13-20)22-18(24)25-14-15-9-5-4-6-10-15/h4-6,9-10,16H,7-8,11-14H2,1-3H3,(H,21,23)(H,22,24). The number of ether oxygens (including phenoxy) is 2. The van der Waals surface area contributed by atoms with Gasteiger partial charge in [-0.2, -0.15) is 0 Å². The first-order valence-electron chi connectivity index (χ1n) is 8.80. The first-order chi connectivity index (χ1) is 12.3. The monoisotopic (exact) mass is 476 g/mol. The van der Waals surface area contributed by atoms with Crippen LogP contribution in [0.1, 0.15) is 45.6 Å². The summed E-state index contributed by atoms with van der Waals surface area (Å²) in [7, 11) is 0. The number of alkyl carbamates (subject to hydrolysis) is 2. The van der Waals surface area contributed by atoms with E-state index < -0.39 is 17.8 Å². The van der Waals surface area contributed by atoms with Crippen LogP contribution < -0.4 is 10.6 Å². The lowest BCUT2D eigenvalue weighted by Crippen LogP contribution is -2.36. The summed E-state index contributed by atoms with van der Waals surface area (Å²) >= 11 is 2.25. The third kappa shape index (κ3) is 11.2. The molecule has 1 aromatic carbocycles. The molecular weight excluding hydrogens is 447 g/mol. The van der Waals surface area contributed by atoms with Crippen LogP contribution in [0.2, 0.25) is 0 Å². The fraction of sp³-hybridized carbons (Fsp3) is 0.579. The first kappa shape index (κ1) is 22.5. The molecule has 2 amide bonds. The smallest absolute Gasteiger partial charge is 0.407 e. The molecule has 6 nitrogen and oxygen atoms in total. The van der Waals surface area contributed by atoms with E-state index >= 15 is 0 Å². The van der Waals surface area contributed by atoms with E-state index in [1.807, 2.05) is 51.1 Å². The summed E-state index contributed by atoms with van der Waals surface area (Å²) in [6.45, 7) is 6.32. The van der Waals surface area contributed by atoms with Gasteiger partial charge in [0.15, 0.2) is 0 Å². The Kier molecular flexibility index (Phi) is 10.4. The number of amides is 2. The van der Waals surface area contributed by atoms with Gasteiger partial charge in [-0.15, -0.1) is 0 Å². The molecule has 1 aromatic rings. The summed E-state index contributed by atoms with van der Waals surface area (Å²) in [4.78, 5) is 23.4. The second kappa shape index (κ2) is 12.0. The third-order valence-electron chi connectivity index (χ3n) is 3.37. The van der Waals surface area contributed by atoms with E-state index in [4.69, 9.17) is 9.47 Å². The first-order valence-corrected chi connectivity index (χ1v) is 10.3. The predicted octanol–water partition coefficient (Wildman–Crippen LogP) is 4.41. The topological polar surface area (TPSA) is 76.7 Å². The van der Waals surface area contributed by atoms with Crippen LogP contribution in [0.3, 0.4) is 0 Å². The second-order valence-corrected chi connectivity index (χ2v) is 7.86. The zero-order valence-corrected chi connectivity index (χ0v) is 17.9. The Morgan fingerprint density at radius 1 is 1.12 bits per heavy atom. The lowest BCUT2D eigenvalue weighted by atomic mass is 10.1. The zero-order valence-electron chi connectivity index (χ0n) is 15.7. The molecule has 26 heavy (non-hydrogen) atoms. The van der Waals surface area contributed by atoms with Crippen LogP contribution in [-0.2, 0) is 16.1 Å². The Hall–Kier alpha value is -1.51. The van der Waals surface area contributed by atoms with Crippen molar-refractivity contribution in [3.05, 3.63) is 35.9 Å². The van der Waals surface area contributed by atoms with E-state index in [-0.39, 0.29) is 12.6 Å². The molecule has 0 aromatic heterocycles. The quantitative estimate of drug-likeness (QED) is 0.315. The van der Waals surface area contributed by atoms with Gasteiger partial charge in [-0.25, -0.2) is 9.59 Å². The van der Waals surface area contributed by atoms with Crippen molar-refractivity contribution in [2.45, 2.75) is 58.3 Å². The second-order valence-electron chi connectivity index (χ2n) is 6.98. The molecule has 0 aliphatic heterocycles. The molecular formula is C19H29IN2O4. The maximum absolute atomic E-state index is 11.9. The van der Waals surface area contributed by atoms with E-state index in [0.717, 1.165) is 29.3 Å². The molecule has 1 rings (SSSR count). The summed E-state index contributed by atoms with van der Waals surface area (Å²) in [5.41, 5.74) is 0.474. The predicted molar refractivity (Wildman–Crippen MR) is 111 cm³/mol. The molecule has 0 bridgehead atoms. The maximum atomic E-state index is 11.9. The Balaban J connectivity index is 2.16. The van der Waals surface area contributed by atoms with Crippen molar-refractivity contribution in [2.75, 3.05) is 11.0 Å². The van der Waals surface area contributed by atoms with Crippen LogP contribution in [0.4, 0.5) is 9.59 Å². The van der Waals surface area contributed by atoms with Crippen molar-refractivity contribution in [3.8, 4) is 0 Å². The Morgan fingerprint density at radius 3 is 2.42 bits per heavy atom. The molecule has 0 fully saturated rings. The van der Waals surface area contributed by atoms with E-state index in [1.165, 1.54) is 0 Å². The van der Waals surface area contributed by atoms with Crippen molar-refractivity contribution in [1.82, 2.24) is 10.6 Å². The van der Waals surface area contributed by atoms with Crippen LogP contribution in [0.5, 0.6) is 0 Å². The lowest BCUT2D eigenvalue weighted by molar-refractivity contribution is 0.0527. The van der Waals surface area contributed by atoms with Crippen LogP contribution in [-0.4, -0.2) is 34.8 Å². The summed E-state index contributed by atoms with van der Waals surface area (Å²) < 4.78 is 11.2. The molecule has 146 valence electrons. The fourth-order valence-corrected chi connectivity index (χ4v) is 2.80. The zero-order chi connectivity index (χ0) is 19.4. The molecule has 0 aliphatic rings. The summed E-state index contributed by atoms with van der Waals surface area (Å²) in [6, 6.07) is 9.64. The number of halogens is 1. The van der Waals surface area contributed by atoms with Gasteiger partial charge in [-0.1, -0.05) is 52.9 Å². The molecule has 2 N–H and O–H groups in total. The summed E-state index contributed by atoms with van der Waals surface area (Å²) in [5.74, 6) is 0. The maximum Gasteiger partial charge on any atom is 0.407 e. The fourth-order valence-electron chi connectivity index (χ4n) is 2.14. The largest absolute Gasteiger partial charge is 0.445 e. The van der Waals surface area contributed by atoms with E-state index in [2.05, 4.69) is 33.2 Å². The average molecular weight is 476 g/mol. The van der Waals surface area contributed by atoms with Gasteiger partial charge in [0.1, 0.15) is 12.2 Å². The van der Waals surface area contributed by atoms with Gasteiger partial charge >= 0.3 is 12.2 Å². The average Bonchev–Trinajstić information content (AvgIpc) is 2.58. The molecule has 1 atom stereocenters. The molecule has 0 saturated heterocycles. The van der Waals surface area contributed by atoms with Gasteiger partial charge in [0.25, 0.3) is 0 Å². The van der Waals surface area contributed by atoms with Crippen LogP contribution >= 0.6 is 22.6 Å². The number of rotatable bonds is 9. The third-order valence-corrected chi connectivity index (χ3v) is 4.43. The van der Waals surface area contributed by atoms with Gasteiger partial charge < -0.3 is 20.1 Å². The molecule has 0 spiro atoms.